The molecule has 1 heterocycles. The molecule has 0 bridgehead atoms. The Kier molecular flexibility index (Phi) is 2.29. The van der Waals surface area contributed by atoms with Gasteiger partial charge in [0.15, 0.2) is 0 Å². The lowest BCUT2D eigenvalue weighted by atomic mass is 10.1. The second-order valence-electron chi connectivity index (χ2n) is 2.85. The maximum atomic E-state index is 4.26. The summed E-state index contributed by atoms with van der Waals surface area (Å²) in [4.78, 5) is 0. The van der Waals surface area contributed by atoms with Gasteiger partial charge in [-0.1, -0.05) is 0 Å². The first-order valence-electron chi connectivity index (χ1n) is 3.82. The van der Waals surface area contributed by atoms with Gasteiger partial charge in [0.05, 0.1) is 5.69 Å². The third-order valence-corrected chi connectivity index (χ3v) is 1.95. The van der Waals surface area contributed by atoms with Crippen LogP contribution in [0.3, 0.4) is 0 Å². The van der Waals surface area contributed by atoms with Crippen LogP contribution in [0.4, 0.5) is 0 Å². The van der Waals surface area contributed by atoms with Crippen LogP contribution < -0.4 is 5.32 Å². The van der Waals surface area contributed by atoms with E-state index in [4.69, 9.17) is 0 Å². The van der Waals surface area contributed by atoms with Crippen LogP contribution in [-0.4, -0.2) is 16.8 Å². The van der Waals surface area contributed by atoms with Gasteiger partial charge in [-0.15, -0.1) is 0 Å². The molecule has 1 aromatic heterocycles. The largest absolute Gasteiger partial charge is 0.313 e. The Morgan fingerprint density at radius 1 is 1.64 bits per heavy atom. The Hall–Kier alpha value is -0.830. The van der Waals surface area contributed by atoms with E-state index in [1.165, 1.54) is 5.56 Å². The Morgan fingerprint density at radius 2 is 2.27 bits per heavy atom. The minimum atomic E-state index is 0.392. The lowest BCUT2D eigenvalue weighted by Crippen LogP contribution is -2.12. The summed E-state index contributed by atoms with van der Waals surface area (Å²) in [5.74, 6) is 0. The number of aryl methyl sites for hydroxylation is 2. The molecular formula is C8H15N3. The molecular weight excluding hydrogens is 138 g/mol. The standard InChI is InChI=1S/C8H15N3/c1-6(9-3)8-5-11(4)10-7(8)2/h5-6,9H,1-4H3. The van der Waals surface area contributed by atoms with Crippen molar-refractivity contribution >= 4 is 0 Å². The Morgan fingerprint density at radius 3 is 2.64 bits per heavy atom. The molecule has 0 radical (unpaired) electrons. The molecule has 3 nitrogen and oxygen atoms in total. The SMILES string of the molecule is CNC(C)c1cn(C)nc1C. The van der Waals surface area contributed by atoms with E-state index in [2.05, 4.69) is 23.5 Å². The molecule has 0 fully saturated rings. The van der Waals surface area contributed by atoms with E-state index < -0.39 is 0 Å². The van der Waals surface area contributed by atoms with Gasteiger partial charge >= 0.3 is 0 Å². The highest BCUT2D eigenvalue weighted by molar-refractivity contribution is 5.18. The zero-order valence-corrected chi connectivity index (χ0v) is 7.55. The number of hydrogen-bond acceptors (Lipinski definition) is 2. The Balaban J connectivity index is 2.93. The van der Waals surface area contributed by atoms with Crippen LogP contribution in [0.5, 0.6) is 0 Å². The fourth-order valence-electron chi connectivity index (χ4n) is 1.20. The van der Waals surface area contributed by atoms with Crippen molar-refractivity contribution < 1.29 is 0 Å². The molecule has 3 heteroatoms. The Bertz CT molecular complexity index is 239. The van der Waals surface area contributed by atoms with E-state index in [-0.39, 0.29) is 0 Å². The van der Waals surface area contributed by atoms with Crippen molar-refractivity contribution in [1.29, 1.82) is 0 Å². The molecule has 0 aliphatic rings. The molecule has 1 atom stereocenters. The fraction of sp³-hybridized carbons (Fsp3) is 0.625. The topological polar surface area (TPSA) is 29.9 Å². The molecule has 1 N–H and O–H groups in total. The molecule has 0 spiro atoms. The second-order valence-corrected chi connectivity index (χ2v) is 2.85. The highest BCUT2D eigenvalue weighted by atomic mass is 15.3. The summed E-state index contributed by atoms with van der Waals surface area (Å²) in [5.41, 5.74) is 2.38. The first kappa shape index (κ1) is 8.27. The molecule has 0 saturated carbocycles. The molecule has 0 aliphatic heterocycles. The summed E-state index contributed by atoms with van der Waals surface area (Å²) < 4.78 is 1.85. The number of rotatable bonds is 2. The third-order valence-electron chi connectivity index (χ3n) is 1.95. The van der Waals surface area contributed by atoms with E-state index >= 15 is 0 Å². The summed E-state index contributed by atoms with van der Waals surface area (Å²) in [7, 11) is 3.90. The molecule has 0 aliphatic carbocycles. The third kappa shape index (κ3) is 1.60. The summed E-state index contributed by atoms with van der Waals surface area (Å²) in [6.45, 7) is 4.16. The normalized spacial score (nSPS) is 13.5. The van der Waals surface area contributed by atoms with E-state index in [0.717, 1.165) is 5.69 Å². The van der Waals surface area contributed by atoms with Crippen LogP contribution in [0.1, 0.15) is 24.2 Å². The lowest BCUT2D eigenvalue weighted by Gasteiger charge is -2.07. The predicted molar refractivity (Wildman–Crippen MR) is 45.4 cm³/mol. The van der Waals surface area contributed by atoms with E-state index in [1.54, 1.807) is 0 Å². The van der Waals surface area contributed by atoms with Gasteiger partial charge in [0.25, 0.3) is 0 Å². The van der Waals surface area contributed by atoms with Crippen molar-refractivity contribution in [2.24, 2.45) is 7.05 Å². The number of nitrogens with zero attached hydrogens (tertiary/aromatic N) is 2. The van der Waals surface area contributed by atoms with E-state index in [1.807, 2.05) is 25.7 Å². The molecule has 1 unspecified atom stereocenters. The monoisotopic (exact) mass is 153 g/mol. The van der Waals surface area contributed by atoms with Crippen LogP contribution in [0.25, 0.3) is 0 Å². The van der Waals surface area contributed by atoms with Crippen LogP contribution in [0.2, 0.25) is 0 Å². The van der Waals surface area contributed by atoms with Crippen LogP contribution in [0.15, 0.2) is 6.20 Å². The molecule has 1 rings (SSSR count). The van der Waals surface area contributed by atoms with Crippen molar-refractivity contribution in [2.45, 2.75) is 19.9 Å². The lowest BCUT2D eigenvalue weighted by molar-refractivity contribution is 0.648. The molecule has 0 amide bonds. The summed E-state index contributed by atoms with van der Waals surface area (Å²) in [6, 6.07) is 0.392. The number of aromatic nitrogens is 2. The molecule has 1 aromatic rings. The van der Waals surface area contributed by atoms with Gasteiger partial charge in [0.2, 0.25) is 0 Å². The highest BCUT2D eigenvalue weighted by Gasteiger charge is 2.08. The van der Waals surface area contributed by atoms with Gasteiger partial charge in [0.1, 0.15) is 0 Å². The smallest absolute Gasteiger partial charge is 0.0641 e. The zero-order valence-electron chi connectivity index (χ0n) is 7.55. The highest BCUT2D eigenvalue weighted by Crippen LogP contribution is 2.14. The Labute approximate surface area is 67.4 Å². The predicted octanol–water partition coefficient (Wildman–Crippen LogP) is 1.01. The van der Waals surface area contributed by atoms with Gasteiger partial charge in [0, 0.05) is 24.8 Å². The molecule has 0 aromatic carbocycles. The molecule has 11 heavy (non-hydrogen) atoms. The number of hydrogen-bond donors (Lipinski definition) is 1. The first-order valence-corrected chi connectivity index (χ1v) is 3.82. The first-order chi connectivity index (χ1) is 5.15. The van der Waals surface area contributed by atoms with Crippen molar-refractivity contribution in [1.82, 2.24) is 15.1 Å². The zero-order chi connectivity index (χ0) is 8.43. The minimum Gasteiger partial charge on any atom is -0.313 e. The van der Waals surface area contributed by atoms with Crippen molar-refractivity contribution in [3.05, 3.63) is 17.5 Å². The quantitative estimate of drug-likeness (QED) is 0.687. The van der Waals surface area contributed by atoms with Crippen LogP contribution >= 0.6 is 0 Å². The van der Waals surface area contributed by atoms with Crippen molar-refractivity contribution in [2.75, 3.05) is 7.05 Å². The maximum Gasteiger partial charge on any atom is 0.0641 e. The van der Waals surface area contributed by atoms with Crippen molar-refractivity contribution in [3.63, 3.8) is 0 Å². The van der Waals surface area contributed by atoms with Gasteiger partial charge in [-0.2, -0.15) is 5.10 Å². The molecule has 62 valence electrons. The summed E-state index contributed by atoms with van der Waals surface area (Å²) in [6.07, 6.45) is 2.05. The van der Waals surface area contributed by atoms with Gasteiger partial charge < -0.3 is 5.32 Å². The van der Waals surface area contributed by atoms with E-state index in [0.29, 0.717) is 6.04 Å². The molecule has 0 saturated heterocycles. The van der Waals surface area contributed by atoms with E-state index in [9.17, 15) is 0 Å². The fourth-order valence-corrected chi connectivity index (χ4v) is 1.20. The van der Waals surface area contributed by atoms with Crippen molar-refractivity contribution in [3.8, 4) is 0 Å². The van der Waals surface area contributed by atoms with Gasteiger partial charge in [-0.25, -0.2) is 0 Å². The van der Waals surface area contributed by atoms with Gasteiger partial charge in [-0.05, 0) is 20.9 Å². The second kappa shape index (κ2) is 3.05. The number of nitrogens with one attached hydrogen (secondary N) is 1. The minimum absolute atomic E-state index is 0.392. The van der Waals surface area contributed by atoms with Gasteiger partial charge in [-0.3, -0.25) is 4.68 Å². The average molecular weight is 153 g/mol. The summed E-state index contributed by atoms with van der Waals surface area (Å²) >= 11 is 0. The summed E-state index contributed by atoms with van der Waals surface area (Å²) in [5, 5.41) is 7.44. The maximum absolute atomic E-state index is 4.26. The van der Waals surface area contributed by atoms with Crippen LogP contribution in [-0.2, 0) is 7.05 Å². The van der Waals surface area contributed by atoms with Crippen LogP contribution in [0, 0.1) is 6.92 Å². The average Bonchev–Trinajstić information content (AvgIpc) is 2.28.